The lowest BCUT2D eigenvalue weighted by Crippen LogP contribution is -2.31. The fourth-order valence-electron chi connectivity index (χ4n) is 1.95. The van der Waals surface area contributed by atoms with Crippen LogP contribution in [0.25, 0.3) is 5.57 Å². The smallest absolute Gasteiger partial charge is 0.172 e. The predicted molar refractivity (Wildman–Crippen MR) is 62.0 cm³/mol. The molecule has 0 saturated heterocycles. The Bertz CT molecular complexity index is 419. The van der Waals surface area contributed by atoms with Crippen LogP contribution >= 0.6 is 0 Å². The second-order valence-electron chi connectivity index (χ2n) is 4.43. The lowest BCUT2D eigenvalue weighted by atomic mass is 9.92. The van der Waals surface area contributed by atoms with Crippen molar-refractivity contribution in [2.75, 3.05) is 12.4 Å². The summed E-state index contributed by atoms with van der Waals surface area (Å²) in [6.07, 6.45) is 2.20. The molecule has 0 saturated carbocycles. The van der Waals surface area contributed by atoms with Gasteiger partial charge in [0.1, 0.15) is 0 Å². The van der Waals surface area contributed by atoms with E-state index in [9.17, 15) is 0 Å². The lowest BCUT2D eigenvalue weighted by molar-refractivity contribution is 0.415. The lowest BCUT2D eigenvalue weighted by Gasteiger charge is -2.30. The Morgan fingerprint density at radius 3 is 2.73 bits per heavy atom. The van der Waals surface area contributed by atoms with E-state index < -0.39 is 0 Å². The summed E-state index contributed by atoms with van der Waals surface area (Å²) in [7, 11) is 1.64. The summed E-state index contributed by atoms with van der Waals surface area (Å²) in [5.74, 6) is 0.715. The van der Waals surface area contributed by atoms with E-state index in [1.165, 1.54) is 5.57 Å². The first kappa shape index (κ1) is 9.92. The van der Waals surface area contributed by atoms with Crippen LogP contribution < -0.4 is 10.1 Å². The van der Waals surface area contributed by atoms with E-state index in [1.54, 1.807) is 7.11 Å². The molecule has 1 heterocycles. The fraction of sp³-hybridized carbons (Fsp3) is 0.385. The van der Waals surface area contributed by atoms with Gasteiger partial charge in [0.15, 0.2) is 5.75 Å². The molecule has 2 rings (SSSR count). The molecular formula is C13H15NO. The highest BCUT2D eigenvalue weighted by Gasteiger charge is 2.22. The zero-order valence-electron chi connectivity index (χ0n) is 9.56. The predicted octanol–water partition coefficient (Wildman–Crippen LogP) is 2.90. The number of fused-ring (bicyclic) bond motifs is 1. The molecule has 15 heavy (non-hydrogen) atoms. The Hall–Kier alpha value is -1.62. The summed E-state index contributed by atoms with van der Waals surface area (Å²) < 4.78 is 5.14. The highest BCUT2D eigenvalue weighted by atomic mass is 16.5. The maximum atomic E-state index is 5.14. The molecule has 2 nitrogen and oxygen atoms in total. The Kier molecular flexibility index (Phi) is 2.12. The van der Waals surface area contributed by atoms with Gasteiger partial charge in [-0.25, -0.2) is 0 Å². The summed E-state index contributed by atoms with van der Waals surface area (Å²) in [6.45, 7) is 6.38. The summed E-state index contributed by atoms with van der Waals surface area (Å²) in [4.78, 5) is 0. The van der Waals surface area contributed by atoms with Crippen LogP contribution in [-0.2, 0) is 0 Å². The Morgan fingerprint density at radius 1 is 1.33 bits per heavy atom. The average Bonchev–Trinajstić information content (AvgIpc) is 2.14. The molecule has 0 atom stereocenters. The highest BCUT2D eigenvalue weighted by Crippen LogP contribution is 2.33. The molecule has 0 aromatic heterocycles. The first-order valence-corrected chi connectivity index (χ1v) is 5.02. The molecule has 0 unspecified atom stereocenters. The SMILES string of the molecule is COc1c#cc2c(c1)NC(C)(C)C=C2C. The van der Waals surface area contributed by atoms with Crippen molar-refractivity contribution in [1.82, 2.24) is 0 Å². The molecule has 0 spiro atoms. The number of hydrogen-bond donors (Lipinski definition) is 1. The van der Waals surface area contributed by atoms with Gasteiger partial charge in [0.05, 0.1) is 23.9 Å². The molecular weight excluding hydrogens is 186 g/mol. The van der Waals surface area contributed by atoms with E-state index in [0.717, 1.165) is 11.3 Å². The van der Waals surface area contributed by atoms with Gasteiger partial charge in [-0.1, -0.05) is 12.1 Å². The number of anilines is 1. The third-order valence-electron chi connectivity index (χ3n) is 2.50. The molecule has 2 heteroatoms. The van der Waals surface area contributed by atoms with Crippen LogP contribution in [0, 0.1) is 12.1 Å². The third-order valence-corrected chi connectivity index (χ3v) is 2.50. The zero-order chi connectivity index (χ0) is 11.1. The second kappa shape index (κ2) is 3.20. The van der Waals surface area contributed by atoms with Crippen molar-refractivity contribution in [3.8, 4) is 5.75 Å². The average molecular weight is 201 g/mol. The van der Waals surface area contributed by atoms with E-state index >= 15 is 0 Å². The number of rotatable bonds is 1. The number of hydrogen-bond acceptors (Lipinski definition) is 2. The van der Waals surface area contributed by atoms with Crippen LogP contribution in [-0.4, -0.2) is 12.6 Å². The summed E-state index contributed by atoms with van der Waals surface area (Å²) >= 11 is 0. The van der Waals surface area contributed by atoms with Crippen LogP contribution in [0.2, 0.25) is 0 Å². The largest absolute Gasteiger partial charge is 0.489 e. The summed E-state index contributed by atoms with van der Waals surface area (Å²) in [6, 6.07) is 8.05. The van der Waals surface area contributed by atoms with Crippen LogP contribution in [0.15, 0.2) is 12.1 Å². The highest BCUT2D eigenvalue weighted by molar-refractivity contribution is 5.79. The van der Waals surface area contributed by atoms with Gasteiger partial charge in [0.2, 0.25) is 0 Å². The number of methoxy groups -OCH3 is 1. The minimum Gasteiger partial charge on any atom is -0.489 e. The van der Waals surface area contributed by atoms with Gasteiger partial charge in [-0.2, -0.15) is 0 Å². The molecule has 0 fully saturated rings. The second-order valence-corrected chi connectivity index (χ2v) is 4.43. The standard InChI is InChI=1S/C13H15NO/c1-9-8-13(2,3)14-12-7-10(15-4)5-6-11(9)12/h7-8,14H,1-4H3. The zero-order valence-corrected chi connectivity index (χ0v) is 9.56. The van der Waals surface area contributed by atoms with E-state index in [1.807, 2.05) is 6.07 Å². The van der Waals surface area contributed by atoms with Crippen LogP contribution in [0.1, 0.15) is 26.3 Å². The van der Waals surface area contributed by atoms with E-state index in [-0.39, 0.29) is 5.54 Å². The van der Waals surface area contributed by atoms with Crippen molar-refractivity contribution in [2.45, 2.75) is 26.3 Å². The van der Waals surface area contributed by atoms with Crippen LogP contribution in [0.5, 0.6) is 5.75 Å². The normalized spacial score (nSPS) is 16.9. The van der Waals surface area contributed by atoms with Crippen molar-refractivity contribution < 1.29 is 4.74 Å². The molecule has 78 valence electrons. The minimum absolute atomic E-state index is 0.0166. The fourth-order valence-corrected chi connectivity index (χ4v) is 1.95. The third kappa shape index (κ3) is 1.78. The molecule has 0 bridgehead atoms. The number of nitrogens with one attached hydrogen (secondary N) is 1. The summed E-state index contributed by atoms with van der Waals surface area (Å²) in [5.41, 5.74) is 3.36. The molecule has 1 N–H and O–H groups in total. The van der Waals surface area contributed by atoms with Gasteiger partial charge in [0.25, 0.3) is 0 Å². The molecule has 1 aliphatic heterocycles. The Labute approximate surface area is 91.0 Å². The number of ether oxygens (including phenoxy) is 1. The van der Waals surface area contributed by atoms with Gasteiger partial charge in [-0.3, -0.25) is 0 Å². The first-order valence-electron chi connectivity index (χ1n) is 5.02. The molecule has 1 aromatic rings. The minimum atomic E-state index is -0.0166. The Morgan fingerprint density at radius 2 is 2.07 bits per heavy atom. The van der Waals surface area contributed by atoms with Gasteiger partial charge in [-0.15, -0.1) is 0 Å². The first-order chi connectivity index (χ1) is 7.02. The molecule has 0 aliphatic carbocycles. The van der Waals surface area contributed by atoms with Crippen molar-refractivity contribution in [3.63, 3.8) is 0 Å². The van der Waals surface area contributed by atoms with Crippen molar-refractivity contribution >= 4 is 11.3 Å². The van der Waals surface area contributed by atoms with Crippen molar-refractivity contribution in [1.29, 1.82) is 0 Å². The topological polar surface area (TPSA) is 21.3 Å². The quantitative estimate of drug-likeness (QED) is 0.754. The molecule has 1 aromatic carbocycles. The van der Waals surface area contributed by atoms with Gasteiger partial charge in [0, 0.05) is 6.07 Å². The van der Waals surface area contributed by atoms with Crippen molar-refractivity contribution in [2.24, 2.45) is 0 Å². The van der Waals surface area contributed by atoms with E-state index in [4.69, 9.17) is 4.74 Å². The van der Waals surface area contributed by atoms with E-state index in [0.29, 0.717) is 5.75 Å². The monoisotopic (exact) mass is 201 g/mol. The summed E-state index contributed by atoms with van der Waals surface area (Å²) in [5, 5.41) is 3.43. The van der Waals surface area contributed by atoms with Gasteiger partial charge >= 0.3 is 0 Å². The molecule has 0 radical (unpaired) electrons. The Balaban J connectivity index is 2.51. The van der Waals surface area contributed by atoms with Crippen molar-refractivity contribution in [3.05, 3.63) is 29.8 Å². The van der Waals surface area contributed by atoms with E-state index in [2.05, 4.69) is 44.3 Å². The molecule has 1 aliphatic rings. The van der Waals surface area contributed by atoms with Gasteiger partial charge < -0.3 is 10.1 Å². The van der Waals surface area contributed by atoms with Crippen LogP contribution in [0.3, 0.4) is 0 Å². The molecule has 0 amide bonds. The number of allylic oxidation sites excluding steroid dienone is 1. The maximum absolute atomic E-state index is 5.14. The van der Waals surface area contributed by atoms with Crippen LogP contribution in [0.4, 0.5) is 5.69 Å². The van der Waals surface area contributed by atoms with Gasteiger partial charge in [-0.05, 0) is 32.4 Å². The maximum Gasteiger partial charge on any atom is 0.172 e.